The highest BCUT2D eigenvalue weighted by molar-refractivity contribution is 5.38. The van der Waals surface area contributed by atoms with Crippen LogP contribution in [-0.4, -0.2) is 43.8 Å². The molecule has 3 aliphatic rings. The Bertz CT molecular complexity index is 851. The highest BCUT2D eigenvalue weighted by atomic mass is 15.3. The van der Waals surface area contributed by atoms with Gasteiger partial charge >= 0.3 is 0 Å². The smallest absolute Gasteiger partial charge is 0.225 e. The van der Waals surface area contributed by atoms with Crippen molar-refractivity contribution in [3.8, 4) is 0 Å². The lowest BCUT2D eigenvalue weighted by Gasteiger charge is -2.36. The van der Waals surface area contributed by atoms with Gasteiger partial charge in [0.05, 0.1) is 11.4 Å². The molecule has 5 heterocycles. The van der Waals surface area contributed by atoms with Gasteiger partial charge in [-0.1, -0.05) is 0 Å². The number of fused-ring (bicyclic) bond motifs is 4. The minimum absolute atomic E-state index is 0.468. The van der Waals surface area contributed by atoms with Crippen LogP contribution in [0, 0.1) is 13.8 Å². The fraction of sp³-hybridized carbons (Fsp3) is 0.667. The maximum atomic E-state index is 5.00. The Morgan fingerprint density at radius 1 is 1.15 bits per heavy atom. The van der Waals surface area contributed by atoms with Gasteiger partial charge in [0.25, 0.3) is 0 Å². The summed E-state index contributed by atoms with van der Waals surface area (Å²) in [6, 6.07) is 1.07. The fourth-order valence-corrected chi connectivity index (χ4v) is 5.33. The molecule has 2 atom stereocenters. The van der Waals surface area contributed by atoms with Gasteiger partial charge in [0, 0.05) is 67.7 Å². The predicted octanol–water partition coefficient (Wildman–Crippen LogP) is 3.17. The molecule has 27 heavy (non-hydrogen) atoms. The molecule has 0 spiro atoms. The molecule has 0 aliphatic carbocycles. The van der Waals surface area contributed by atoms with E-state index in [1.807, 2.05) is 0 Å². The van der Waals surface area contributed by atoms with Gasteiger partial charge in [0.2, 0.25) is 5.95 Å². The van der Waals surface area contributed by atoms with Gasteiger partial charge in [-0.25, -0.2) is 9.97 Å². The summed E-state index contributed by atoms with van der Waals surface area (Å²) in [4.78, 5) is 14.8. The zero-order valence-corrected chi connectivity index (χ0v) is 16.8. The van der Waals surface area contributed by atoms with E-state index >= 15 is 0 Å². The monoisotopic (exact) mass is 366 g/mol. The Morgan fingerprint density at radius 3 is 2.70 bits per heavy atom. The lowest BCUT2D eigenvalue weighted by molar-refractivity contribution is 0.165. The first kappa shape index (κ1) is 17.2. The molecule has 6 nitrogen and oxygen atoms in total. The van der Waals surface area contributed by atoms with Gasteiger partial charge < -0.3 is 4.90 Å². The van der Waals surface area contributed by atoms with Gasteiger partial charge in [-0.15, -0.1) is 0 Å². The molecule has 144 valence electrons. The normalized spacial score (nSPS) is 24.6. The summed E-state index contributed by atoms with van der Waals surface area (Å²) in [7, 11) is 0. The van der Waals surface area contributed by atoms with Gasteiger partial charge in [-0.2, -0.15) is 5.10 Å². The summed E-state index contributed by atoms with van der Waals surface area (Å²) in [6.07, 6.45) is 8.22. The molecular formula is C21H30N6. The van der Waals surface area contributed by atoms with Crippen LogP contribution >= 0.6 is 0 Å². The standard InChI is InChI=1S/C21H30N6/c1-4-27-15(3)18(14(2)24-27)13-26-16-7-8-20(26)17-12-22-21(23-19(17)11-16)25-9-5-6-10-25/h12,16,20H,4-11,13H2,1-3H3/t16-,20-/m0/s1. The molecule has 2 aromatic heterocycles. The Morgan fingerprint density at radius 2 is 1.96 bits per heavy atom. The lowest BCUT2D eigenvalue weighted by Crippen LogP contribution is -2.38. The summed E-state index contributed by atoms with van der Waals surface area (Å²) in [5, 5.41) is 4.72. The third kappa shape index (κ3) is 2.76. The van der Waals surface area contributed by atoms with E-state index in [4.69, 9.17) is 15.1 Å². The number of hydrogen-bond acceptors (Lipinski definition) is 5. The number of rotatable bonds is 4. The Kier molecular flexibility index (Phi) is 4.19. The summed E-state index contributed by atoms with van der Waals surface area (Å²) in [5.74, 6) is 0.954. The predicted molar refractivity (Wildman–Crippen MR) is 106 cm³/mol. The third-order valence-corrected chi connectivity index (χ3v) is 6.88. The summed E-state index contributed by atoms with van der Waals surface area (Å²) < 4.78 is 2.13. The van der Waals surface area contributed by atoms with E-state index in [0.29, 0.717) is 12.1 Å². The number of aromatic nitrogens is 4. The molecular weight excluding hydrogens is 336 g/mol. The second-order valence-electron chi connectivity index (χ2n) is 8.35. The Labute approximate surface area is 161 Å². The topological polar surface area (TPSA) is 50.1 Å². The van der Waals surface area contributed by atoms with Crippen LogP contribution in [0.1, 0.15) is 66.9 Å². The average Bonchev–Trinajstić information content (AvgIpc) is 3.36. The highest BCUT2D eigenvalue weighted by Crippen LogP contribution is 2.44. The van der Waals surface area contributed by atoms with Gasteiger partial charge in [-0.05, 0) is 46.5 Å². The van der Waals surface area contributed by atoms with Crippen LogP contribution < -0.4 is 4.90 Å². The SMILES string of the molecule is CCn1nc(C)c(CN2[C@H]3CC[C@H]2c2cnc(N4CCCC4)nc2C3)c1C. The van der Waals surface area contributed by atoms with Crippen molar-refractivity contribution in [1.82, 2.24) is 24.6 Å². The zero-order valence-electron chi connectivity index (χ0n) is 16.8. The maximum Gasteiger partial charge on any atom is 0.225 e. The largest absolute Gasteiger partial charge is 0.341 e. The molecule has 2 fully saturated rings. The molecule has 0 unspecified atom stereocenters. The molecule has 6 heteroatoms. The Balaban J connectivity index is 1.43. The van der Waals surface area contributed by atoms with E-state index in [0.717, 1.165) is 38.5 Å². The van der Waals surface area contributed by atoms with Crippen molar-refractivity contribution in [1.29, 1.82) is 0 Å². The quantitative estimate of drug-likeness (QED) is 0.832. The van der Waals surface area contributed by atoms with Crippen LogP contribution in [0.5, 0.6) is 0 Å². The first-order valence-corrected chi connectivity index (χ1v) is 10.5. The van der Waals surface area contributed by atoms with Crippen molar-refractivity contribution in [2.75, 3.05) is 18.0 Å². The molecule has 0 saturated carbocycles. The van der Waals surface area contributed by atoms with Crippen molar-refractivity contribution in [3.05, 3.63) is 34.4 Å². The van der Waals surface area contributed by atoms with Crippen LogP contribution in [0.4, 0.5) is 5.95 Å². The first-order chi connectivity index (χ1) is 13.2. The first-order valence-electron chi connectivity index (χ1n) is 10.5. The van der Waals surface area contributed by atoms with Crippen LogP contribution in [0.2, 0.25) is 0 Å². The number of anilines is 1. The molecule has 2 saturated heterocycles. The second-order valence-corrected chi connectivity index (χ2v) is 8.35. The fourth-order valence-electron chi connectivity index (χ4n) is 5.33. The van der Waals surface area contributed by atoms with E-state index in [1.165, 1.54) is 53.9 Å². The molecule has 2 aromatic rings. The van der Waals surface area contributed by atoms with E-state index in [-0.39, 0.29) is 0 Å². The van der Waals surface area contributed by atoms with Gasteiger partial charge in [0.15, 0.2) is 0 Å². The molecule has 0 amide bonds. The van der Waals surface area contributed by atoms with Crippen LogP contribution in [0.15, 0.2) is 6.20 Å². The molecule has 0 radical (unpaired) electrons. The van der Waals surface area contributed by atoms with E-state index in [9.17, 15) is 0 Å². The van der Waals surface area contributed by atoms with Crippen LogP contribution in [0.3, 0.4) is 0 Å². The highest BCUT2D eigenvalue weighted by Gasteiger charge is 2.41. The number of hydrogen-bond donors (Lipinski definition) is 0. The van der Waals surface area contributed by atoms with E-state index in [1.54, 1.807) is 0 Å². The number of aryl methyl sites for hydroxylation is 2. The lowest BCUT2D eigenvalue weighted by atomic mass is 9.98. The van der Waals surface area contributed by atoms with Crippen molar-refractivity contribution >= 4 is 5.95 Å². The zero-order chi connectivity index (χ0) is 18.5. The molecule has 0 aromatic carbocycles. The van der Waals surface area contributed by atoms with Crippen LogP contribution in [-0.2, 0) is 19.5 Å². The van der Waals surface area contributed by atoms with Crippen LogP contribution in [0.25, 0.3) is 0 Å². The Hall–Kier alpha value is -1.95. The summed E-state index contributed by atoms with van der Waals surface area (Å²) in [6.45, 7) is 10.7. The second kappa shape index (κ2) is 6.59. The third-order valence-electron chi connectivity index (χ3n) is 6.88. The minimum Gasteiger partial charge on any atom is -0.341 e. The number of nitrogens with zero attached hydrogens (tertiary/aromatic N) is 6. The molecule has 2 bridgehead atoms. The van der Waals surface area contributed by atoms with Crippen molar-refractivity contribution in [2.45, 2.75) is 78.0 Å². The van der Waals surface area contributed by atoms with Crippen molar-refractivity contribution < 1.29 is 0 Å². The van der Waals surface area contributed by atoms with E-state index in [2.05, 4.69) is 41.4 Å². The summed E-state index contributed by atoms with van der Waals surface area (Å²) in [5.41, 5.74) is 6.58. The molecule has 0 N–H and O–H groups in total. The summed E-state index contributed by atoms with van der Waals surface area (Å²) >= 11 is 0. The van der Waals surface area contributed by atoms with Gasteiger partial charge in [0.1, 0.15) is 0 Å². The minimum atomic E-state index is 0.468. The molecule has 5 rings (SSSR count). The van der Waals surface area contributed by atoms with Crippen molar-refractivity contribution in [2.24, 2.45) is 0 Å². The molecule has 3 aliphatic heterocycles. The van der Waals surface area contributed by atoms with Gasteiger partial charge in [-0.3, -0.25) is 9.58 Å². The maximum absolute atomic E-state index is 5.00. The van der Waals surface area contributed by atoms with E-state index < -0.39 is 0 Å². The van der Waals surface area contributed by atoms with Crippen molar-refractivity contribution in [3.63, 3.8) is 0 Å². The average molecular weight is 367 g/mol.